The highest BCUT2D eigenvalue weighted by Gasteiger charge is 2.47. The van der Waals surface area contributed by atoms with Crippen molar-refractivity contribution < 1.29 is 32.7 Å². The lowest BCUT2D eigenvalue weighted by Crippen LogP contribution is -2.52. The molecule has 2 heterocycles. The number of nitrogens with zero attached hydrogens (tertiary/aromatic N) is 4. The summed E-state index contributed by atoms with van der Waals surface area (Å²) in [4.78, 5) is 43.4. The Bertz CT molecular complexity index is 1270. The Kier molecular flexibility index (Phi) is 8.57. The van der Waals surface area contributed by atoms with Crippen LogP contribution < -0.4 is 0 Å². The van der Waals surface area contributed by atoms with Crippen LogP contribution in [0.4, 0.5) is 13.2 Å². The minimum atomic E-state index is -4.91. The second-order valence-corrected chi connectivity index (χ2v) is 12.5. The predicted octanol–water partition coefficient (Wildman–Crippen LogP) is 6.57. The van der Waals surface area contributed by atoms with Crippen molar-refractivity contribution in [2.24, 2.45) is 17.3 Å². The van der Waals surface area contributed by atoms with Gasteiger partial charge >= 0.3 is 12.1 Å². The number of carbonyl (C=O) groups is 3. The van der Waals surface area contributed by atoms with Gasteiger partial charge in [-0.05, 0) is 49.9 Å². The third kappa shape index (κ3) is 6.15. The molecule has 1 N–H and O–H groups in total. The molecule has 1 amide bonds. The van der Waals surface area contributed by atoms with Gasteiger partial charge in [0, 0.05) is 18.4 Å². The normalized spacial score (nSPS) is 23.4. The van der Waals surface area contributed by atoms with E-state index in [9.17, 15) is 32.7 Å². The Morgan fingerprint density at radius 2 is 1.60 bits per heavy atom. The lowest BCUT2D eigenvalue weighted by molar-refractivity contribution is -0.147. The monoisotopic (exact) mass is 602 g/mol. The molecule has 218 valence electrons. The number of carboxylic acids is 1. The summed E-state index contributed by atoms with van der Waals surface area (Å²) in [5, 5.41) is 13.2. The molecule has 13 heteroatoms. The van der Waals surface area contributed by atoms with Crippen LogP contribution >= 0.6 is 23.2 Å². The van der Waals surface area contributed by atoms with Gasteiger partial charge in [-0.3, -0.25) is 24.0 Å². The molecule has 0 bridgehead atoms. The standard InChI is InChI=1S/C27H31Cl2F3N4O4/c1-26(2,3)15-8-17(9-15)35(13-21(37)22-19(28)11-33-12-20(22)29)24(38)18-10-34-36(23(18)27(30,31)32)16-6-4-14(5-7-16)25(39)40/h10-12,14-17H,4-9,13H2,1-3H3,(H,39,40)/t14-,15?,16-,17?. The highest BCUT2D eigenvalue weighted by atomic mass is 35.5. The molecule has 0 atom stereocenters. The fourth-order valence-corrected chi connectivity index (χ4v) is 6.20. The van der Waals surface area contributed by atoms with Crippen molar-refractivity contribution in [2.45, 2.75) is 77.6 Å². The van der Waals surface area contributed by atoms with Gasteiger partial charge in [0.05, 0.1) is 45.9 Å². The molecule has 2 aromatic rings. The number of alkyl halides is 3. The molecule has 2 aliphatic rings. The van der Waals surface area contributed by atoms with Gasteiger partial charge in [-0.15, -0.1) is 0 Å². The Labute approximate surface area is 239 Å². The molecule has 2 aromatic heterocycles. The van der Waals surface area contributed by atoms with Gasteiger partial charge < -0.3 is 10.0 Å². The highest BCUT2D eigenvalue weighted by molar-refractivity contribution is 6.39. The maximum absolute atomic E-state index is 14.4. The van der Waals surface area contributed by atoms with Gasteiger partial charge in [-0.1, -0.05) is 44.0 Å². The minimum absolute atomic E-state index is 0.0214. The maximum atomic E-state index is 14.4. The number of halogens is 5. The largest absolute Gasteiger partial charge is 0.481 e. The molecular formula is C27H31Cl2F3N4O4. The van der Waals surface area contributed by atoms with Gasteiger partial charge in [0.1, 0.15) is 0 Å². The molecule has 0 saturated heterocycles. The van der Waals surface area contributed by atoms with E-state index in [0.717, 1.165) is 10.9 Å². The van der Waals surface area contributed by atoms with Gasteiger partial charge in [-0.25, -0.2) is 0 Å². The number of carbonyl (C=O) groups excluding carboxylic acids is 2. The zero-order valence-corrected chi connectivity index (χ0v) is 23.9. The van der Waals surface area contributed by atoms with Crippen LogP contribution in [0.1, 0.15) is 91.7 Å². The molecule has 8 nitrogen and oxygen atoms in total. The molecule has 2 fully saturated rings. The number of Topliss-reactive ketones (excluding diaryl/α,β-unsaturated/α-hetero) is 1. The van der Waals surface area contributed by atoms with Crippen molar-refractivity contribution >= 4 is 40.9 Å². The summed E-state index contributed by atoms with van der Waals surface area (Å²) in [7, 11) is 0. The van der Waals surface area contributed by atoms with E-state index in [0.29, 0.717) is 12.8 Å². The van der Waals surface area contributed by atoms with Crippen LogP contribution in [0.2, 0.25) is 10.0 Å². The molecule has 40 heavy (non-hydrogen) atoms. The number of carboxylic acid groups (broad SMARTS) is 1. The number of amides is 1. The Hall–Kier alpha value is -2.66. The van der Waals surface area contributed by atoms with E-state index in [1.165, 1.54) is 17.3 Å². The number of aromatic nitrogens is 3. The SMILES string of the molecule is CC(C)(C)C1CC(N(CC(=O)c2c(Cl)cncc2Cl)C(=O)c2cnn([C@H]3CC[C@H](C(=O)O)CC3)c2C(F)(F)F)C1. The summed E-state index contributed by atoms with van der Waals surface area (Å²) in [6.45, 7) is 5.63. The average Bonchev–Trinajstić information content (AvgIpc) is 3.27. The number of aliphatic carboxylic acids is 1. The second-order valence-electron chi connectivity index (χ2n) is 11.7. The van der Waals surface area contributed by atoms with Crippen LogP contribution in [-0.4, -0.2) is 55.0 Å². The average molecular weight is 603 g/mol. The van der Waals surface area contributed by atoms with Gasteiger partial charge in [0.25, 0.3) is 5.91 Å². The quantitative estimate of drug-likeness (QED) is 0.359. The predicted molar refractivity (Wildman–Crippen MR) is 141 cm³/mol. The third-order valence-electron chi connectivity index (χ3n) is 8.17. The fraction of sp³-hybridized carbons (Fsp3) is 0.593. The first-order valence-corrected chi connectivity index (χ1v) is 13.9. The van der Waals surface area contributed by atoms with Crippen molar-refractivity contribution in [2.75, 3.05) is 6.54 Å². The summed E-state index contributed by atoms with van der Waals surface area (Å²) in [6.07, 6.45) is 0.302. The summed E-state index contributed by atoms with van der Waals surface area (Å²) in [6, 6.07) is -1.16. The van der Waals surface area contributed by atoms with Gasteiger partial charge in [-0.2, -0.15) is 18.3 Å². The van der Waals surface area contributed by atoms with E-state index in [1.54, 1.807) is 0 Å². The van der Waals surface area contributed by atoms with Crippen molar-refractivity contribution in [3.05, 3.63) is 45.5 Å². The Morgan fingerprint density at radius 3 is 2.10 bits per heavy atom. The van der Waals surface area contributed by atoms with E-state index < -0.39 is 59.6 Å². The maximum Gasteiger partial charge on any atom is 0.433 e. The Morgan fingerprint density at radius 1 is 1.02 bits per heavy atom. The number of hydrogen-bond acceptors (Lipinski definition) is 5. The topological polar surface area (TPSA) is 105 Å². The summed E-state index contributed by atoms with van der Waals surface area (Å²) < 4.78 is 44.1. The first kappa shape index (κ1) is 30.3. The minimum Gasteiger partial charge on any atom is -0.481 e. The van der Waals surface area contributed by atoms with E-state index >= 15 is 0 Å². The van der Waals surface area contributed by atoms with Crippen molar-refractivity contribution in [3.63, 3.8) is 0 Å². The number of hydrogen-bond donors (Lipinski definition) is 1. The van der Waals surface area contributed by atoms with Crippen LogP contribution in [0.3, 0.4) is 0 Å². The molecule has 0 aromatic carbocycles. The zero-order chi connectivity index (χ0) is 29.6. The smallest absolute Gasteiger partial charge is 0.433 e. The van der Waals surface area contributed by atoms with Crippen molar-refractivity contribution in [1.29, 1.82) is 0 Å². The summed E-state index contributed by atoms with van der Waals surface area (Å²) >= 11 is 12.3. The molecule has 0 spiro atoms. The first-order chi connectivity index (χ1) is 18.6. The third-order valence-corrected chi connectivity index (χ3v) is 8.75. The number of pyridine rings is 1. The van der Waals surface area contributed by atoms with Gasteiger partial charge in [0.2, 0.25) is 0 Å². The molecular weight excluding hydrogens is 572 g/mol. The number of ketones is 1. The van der Waals surface area contributed by atoms with Crippen molar-refractivity contribution in [3.8, 4) is 0 Å². The molecule has 0 radical (unpaired) electrons. The van der Waals surface area contributed by atoms with Crippen LogP contribution in [0.5, 0.6) is 0 Å². The lowest BCUT2D eigenvalue weighted by atomic mass is 9.65. The van der Waals surface area contributed by atoms with E-state index in [4.69, 9.17) is 23.2 Å². The zero-order valence-electron chi connectivity index (χ0n) is 22.3. The van der Waals surface area contributed by atoms with E-state index in [2.05, 4.69) is 10.1 Å². The second kappa shape index (κ2) is 11.3. The fourth-order valence-electron chi connectivity index (χ4n) is 5.63. The molecule has 0 unspecified atom stereocenters. The van der Waals surface area contributed by atoms with Crippen LogP contribution in [0.15, 0.2) is 18.6 Å². The molecule has 2 saturated carbocycles. The molecule has 0 aliphatic heterocycles. The first-order valence-electron chi connectivity index (χ1n) is 13.1. The van der Waals surface area contributed by atoms with Crippen LogP contribution in [0.25, 0.3) is 0 Å². The Balaban J connectivity index is 1.67. The molecule has 2 aliphatic carbocycles. The highest BCUT2D eigenvalue weighted by Crippen LogP contribution is 2.45. The summed E-state index contributed by atoms with van der Waals surface area (Å²) in [5.41, 5.74) is -1.97. The molecule has 4 rings (SSSR count). The van der Waals surface area contributed by atoms with Crippen LogP contribution in [0, 0.1) is 17.3 Å². The number of rotatable bonds is 7. The van der Waals surface area contributed by atoms with E-state index in [-0.39, 0.29) is 52.6 Å². The van der Waals surface area contributed by atoms with E-state index in [1.807, 2.05) is 20.8 Å². The lowest BCUT2D eigenvalue weighted by Gasteiger charge is -2.48. The van der Waals surface area contributed by atoms with Crippen molar-refractivity contribution in [1.82, 2.24) is 19.7 Å². The van der Waals surface area contributed by atoms with Crippen LogP contribution in [-0.2, 0) is 11.0 Å². The summed E-state index contributed by atoms with van der Waals surface area (Å²) in [5.74, 6) is -2.95. The van der Waals surface area contributed by atoms with Gasteiger partial charge in [0.15, 0.2) is 11.5 Å².